The summed E-state index contributed by atoms with van der Waals surface area (Å²) in [6.07, 6.45) is 3.48. The quantitative estimate of drug-likeness (QED) is 0.779. The first-order valence-electron chi connectivity index (χ1n) is 4.41. The van der Waals surface area contributed by atoms with Crippen LogP contribution in [-0.4, -0.2) is 17.1 Å². The van der Waals surface area contributed by atoms with Crippen LogP contribution in [0.2, 0.25) is 0 Å². The molecule has 0 aliphatic heterocycles. The van der Waals surface area contributed by atoms with E-state index in [1.165, 1.54) is 11.8 Å². The third kappa shape index (κ3) is 2.07. The van der Waals surface area contributed by atoms with E-state index in [0.717, 1.165) is 10.1 Å². The summed E-state index contributed by atoms with van der Waals surface area (Å²) in [5.41, 5.74) is 6.56. The largest absolute Gasteiger partial charge is 0.495 e. The van der Waals surface area contributed by atoms with Gasteiger partial charge in [-0.05, 0) is 23.9 Å². The molecule has 5 heteroatoms. The maximum absolute atomic E-state index is 5.92. The molecule has 0 atom stereocenters. The Morgan fingerprint density at radius 1 is 1.47 bits per heavy atom. The van der Waals surface area contributed by atoms with Gasteiger partial charge in [0.2, 0.25) is 0 Å². The Morgan fingerprint density at radius 2 is 2.33 bits per heavy atom. The van der Waals surface area contributed by atoms with Crippen molar-refractivity contribution in [1.29, 1.82) is 0 Å². The van der Waals surface area contributed by atoms with Crippen molar-refractivity contribution < 1.29 is 4.74 Å². The van der Waals surface area contributed by atoms with Crippen molar-refractivity contribution in [3.05, 3.63) is 30.6 Å². The third-order valence-electron chi connectivity index (χ3n) is 1.93. The summed E-state index contributed by atoms with van der Waals surface area (Å²) in [5.74, 6) is 0.687. The molecule has 15 heavy (non-hydrogen) atoms. The molecule has 0 saturated heterocycles. The van der Waals surface area contributed by atoms with E-state index >= 15 is 0 Å². The van der Waals surface area contributed by atoms with E-state index in [1.54, 1.807) is 19.5 Å². The van der Waals surface area contributed by atoms with Gasteiger partial charge in [0.15, 0.2) is 5.16 Å². The molecular formula is C10H11N3OS. The molecule has 1 aromatic heterocycles. The Labute approximate surface area is 91.9 Å². The second-order valence-corrected chi connectivity index (χ2v) is 3.90. The summed E-state index contributed by atoms with van der Waals surface area (Å²) in [6.45, 7) is 0. The van der Waals surface area contributed by atoms with Gasteiger partial charge in [0.25, 0.3) is 0 Å². The first-order chi connectivity index (χ1) is 7.31. The van der Waals surface area contributed by atoms with Gasteiger partial charge in [0.1, 0.15) is 5.75 Å². The second kappa shape index (κ2) is 4.27. The van der Waals surface area contributed by atoms with Gasteiger partial charge in [-0.3, -0.25) is 0 Å². The van der Waals surface area contributed by atoms with Crippen LogP contribution in [0.1, 0.15) is 0 Å². The molecule has 0 fully saturated rings. The lowest BCUT2D eigenvalue weighted by atomic mass is 10.3. The molecule has 0 amide bonds. The van der Waals surface area contributed by atoms with Crippen molar-refractivity contribution in [1.82, 2.24) is 9.97 Å². The molecule has 1 aromatic carbocycles. The van der Waals surface area contributed by atoms with Crippen LogP contribution in [0.15, 0.2) is 40.6 Å². The van der Waals surface area contributed by atoms with Gasteiger partial charge in [0.05, 0.1) is 12.8 Å². The minimum absolute atomic E-state index is 0.640. The molecule has 78 valence electrons. The van der Waals surface area contributed by atoms with Gasteiger partial charge >= 0.3 is 0 Å². The highest BCUT2D eigenvalue weighted by Crippen LogP contribution is 2.35. The fourth-order valence-electron chi connectivity index (χ4n) is 1.20. The van der Waals surface area contributed by atoms with E-state index in [0.29, 0.717) is 11.4 Å². The third-order valence-corrected chi connectivity index (χ3v) is 2.92. The van der Waals surface area contributed by atoms with Crippen molar-refractivity contribution >= 4 is 17.4 Å². The van der Waals surface area contributed by atoms with Crippen molar-refractivity contribution in [2.45, 2.75) is 10.1 Å². The van der Waals surface area contributed by atoms with Gasteiger partial charge in [-0.2, -0.15) is 0 Å². The fourth-order valence-corrected chi connectivity index (χ4v) is 2.01. The number of rotatable bonds is 3. The lowest BCUT2D eigenvalue weighted by Gasteiger charge is -2.07. The van der Waals surface area contributed by atoms with Gasteiger partial charge in [-0.1, -0.05) is 6.07 Å². The van der Waals surface area contributed by atoms with Crippen LogP contribution in [0.3, 0.4) is 0 Å². The Bertz CT molecular complexity index is 442. The number of benzene rings is 1. The van der Waals surface area contributed by atoms with Gasteiger partial charge < -0.3 is 15.5 Å². The van der Waals surface area contributed by atoms with E-state index in [1.807, 2.05) is 18.2 Å². The maximum atomic E-state index is 5.92. The number of methoxy groups -OCH3 is 1. The van der Waals surface area contributed by atoms with Crippen LogP contribution < -0.4 is 10.5 Å². The molecule has 0 spiro atoms. The van der Waals surface area contributed by atoms with Crippen LogP contribution in [0.5, 0.6) is 5.75 Å². The van der Waals surface area contributed by atoms with Crippen LogP contribution >= 0.6 is 11.8 Å². The molecule has 2 rings (SSSR count). The fraction of sp³-hybridized carbons (Fsp3) is 0.100. The van der Waals surface area contributed by atoms with Crippen molar-refractivity contribution in [2.75, 3.05) is 12.8 Å². The molecular weight excluding hydrogens is 210 g/mol. The van der Waals surface area contributed by atoms with Crippen LogP contribution in [0.4, 0.5) is 5.69 Å². The Kier molecular flexibility index (Phi) is 2.82. The molecule has 0 bridgehead atoms. The van der Waals surface area contributed by atoms with Crippen LogP contribution in [0.25, 0.3) is 0 Å². The monoisotopic (exact) mass is 221 g/mol. The normalized spacial score (nSPS) is 10.2. The summed E-state index contributed by atoms with van der Waals surface area (Å²) in [4.78, 5) is 8.06. The number of aromatic nitrogens is 2. The number of aromatic amines is 1. The second-order valence-electron chi connectivity index (χ2n) is 2.87. The topological polar surface area (TPSA) is 63.9 Å². The number of hydrogen-bond acceptors (Lipinski definition) is 4. The molecule has 4 nitrogen and oxygen atoms in total. The highest BCUT2D eigenvalue weighted by molar-refractivity contribution is 7.99. The maximum Gasteiger partial charge on any atom is 0.170 e. The van der Waals surface area contributed by atoms with Gasteiger partial charge in [-0.25, -0.2) is 4.98 Å². The lowest BCUT2D eigenvalue weighted by molar-refractivity contribution is 0.416. The molecule has 1 heterocycles. The number of nitrogens with zero attached hydrogens (tertiary/aromatic N) is 1. The van der Waals surface area contributed by atoms with E-state index in [9.17, 15) is 0 Å². The predicted octanol–water partition coefficient (Wildman–Crippen LogP) is 2.15. The minimum atomic E-state index is 0.640. The molecule has 2 aromatic rings. The number of nitrogen functional groups attached to an aromatic ring is 1. The highest BCUT2D eigenvalue weighted by Gasteiger charge is 2.07. The summed E-state index contributed by atoms with van der Waals surface area (Å²) in [7, 11) is 1.60. The molecule has 0 radical (unpaired) electrons. The SMILES string of the molecule is COc1cccc(Sc2ncc[nH]2)c1N. The van der Waals surface area contributed by atoms with Crippen molar-refractivity contribution in [2.24, 2.45) is 0 Å². The van der Waals surface area contributed by atoms with E-state index in [2.05, 4.69) is 9.97 Å². The van der Waals surface area contributed by atoms with Crippen molar-refractivity contribution in [3.8, 4) is 5.75 Å². The van der Waals surface area contributed by atoms with Crippen LogP contribution in [-0.2, 0) is 0 Å². The standard InChI is InChI=1S/C10H11N3OS/c1-14-7-3-2-4-8(9(7)11)15-10-12-5-6-13-10/h2-6H,11H2,1H3,(H,12,13). The van der Waals surface area contributed by atoms with E-state index < -0.39 is 0 Å². The zero-order chi connectivity index (χ0) is 10.7. The number of para-hydroxylation sites is 1. The Balaban J connectivity index is 2.29. The Hall–Kier alpha value is -1.62. The number of ether oxygens (including phenoxy) is 1. The number of nitrogens with two attached hydrogens (primary N) is 1. The number of anilines is 1. The zero-order valence-corrected chi connectivity index (χ0v) is 9.04. The number of nitrogens with one attached hydrogen (secondary N) is 1. The molecule has 0 aliphatic carbocycles. The molecule has 3 N–H and O–H groups in total. The Morgan fingerprint density at radius 3 is 3.00 bits per heavy atom. The first-order valence-corrected chi connectivity index (χ1v) is 5.22. The number of imidazole rings is 1. The summed E-state index contributed by atoms with van der Waals surface area (Å²) in [6, 6.07) is 5.67. The predicted molar refractivity (Wildman–Crippen MR) is 60.1 cm³/mol. The molecule has 0 aliphatic rings. The minimum Gasteiger partial charge on any atom is -0.495 e. The average Bonchev–Trinajstić information content (AvgIpc) is 2.74. The zero-order valence-electron chi connectivity index (χ0n) is 8.23. The summed E-state index contributed by atoms with van der Waals surface area (Å²) >= 11 is 1.48. The average molecular weight is 221 g/mol. The van der Waals surface area contributed by atoms with Gasteiger partial charge in [0, 0.05) is 17.3 Å². The molecule has 0 saturated carbocycles. The summed E-state index contributed by atoms with van der Waals surface area (Å²) < 4.78 is 5.14. The smallest absolute Gasteiger partial charge is 0.170 e. The number of hydrogen-bond donors (Lipinski definition) is 2. The van der Waals surface area contributed by atoms with E-state index in [-0.39, 0.29) is 0 Å². The lowest BCUT2D eigenvalue weighted by Crippen LogP contribution is -1.94. The molecule has 0 unspecified atom stereocenters. The summed E-state index contributed by atoms with van der Waals surface area (Å²) in [5, 5.41) is 0.815. The highest BCUT2D eigenvalue weighted by atomic mass is 32.2. The van der Waals surface area contributed by atoms with E-state index in [4.69, 9.17) is 10.5 Å². The first kappa shape index (κ1) is 9.92. The van der Waals surface area contributed by atoms with Crippen LogP contribution in [0, 0.1) is 0 Å². The number of H-pyrrole nitrogens is 1. The van der Waals surface area contributed by atoms with Crippen molar-refractivity contribution in [3.63, 3.8) is 0 Å². The van der Waals surface area contributed by atoms with Gasteiger partial charge in [-0.15, -0.1) is 0 Å².